The number of rotatable bonds is 2. The highest BCUT2D eigenvalue weighted by Crippen LogP contribution is 2.39. The Bertz CT molecular complexity index is 873. The third-order valence-electron chi connectivity index (χ3n) is 4.21. The van der Waals surface area contributed by atoms with Crippen molar-refractivity contribution in [3.8, 4) is 0 Å². The number of hydrogen-bond donors (Lipinski definition) is 1. The molecule has 0 radical (unpaired) electrons. The van der Waals surface area contributed by atoms with E-state index in [0.717, 1.165) is 0 Å². The molecule has 0 aliphatic carbocycles. The van der Waals surface area contributed by atoms with Gasteiger partial charge in [0.1, 0.15) is 10.0 Å². The molecule has 0 fully saturated rings. The molecule has 0 unspecified atom stereocenters. The number of carbonyl (C=O) groups is 1. The van der Waals surface area contributed by atoms with Gasteiger partial charge in [-0.25, -0.2) is 12.8 Å². The Morgan fingerprint density at radius 2 is 2.09 bits per heavy atom. The van der Waals surface area contributed by atoms with Crippen LogP contribution in [0.25, 0.3) is 0 Å². The Kier molecular flexibility index (Phi) is 4.01. The third kappa shape index (κ3) is 2.68. The van der Waals surface area contributed by atoms with Gasteiger partial charge in [0.15, 0.2) is 9.84 Å². The molecule has 1 amide bonds. The molecule has 1 aliphatic rings. The molecule has 1 aromatic carbocycles. The van der Waals surface area contributed by atoms with Gasteiger partial charge in [0.2, 0.25) is 0 Å². The predicted molar refractivity (Wildman–Crippen MR) is 86.9 cm³/mol. The van der Waals surface area contributed by atoms with Crippen molar-refractivity contribution in [3.05, 3.63) is 52.2 Å². The Balaban J connectivity index is 1.92. The molecule has 4 nitrogen and oxygen atoms in total. The van der Waals surface area contributed by atoms with Crippen molar-refractivity contribution in [1.82, 2.24) is 5.32 Å². The number of amides is 1. The lowest BCUT2D eigenvalue weighted by molar-refractivity contribution is 0.0932. The standard InChI is InChI=1S/C16H16FNO3S2/c1-9-8-14(12-6-7-22-16(12)23(9,20)21)18-15(19)11-4-3-5-13(17)10(11)2/h3-7,9,14H,8H2,1-2H3,(H,18,19)/t9-,14-/m0/s1. The highest BCUT2D eigenvalue weighted by molar-refractivity contribution is 7.94. The number of thiophene rings is 1. The van der Waals surface area contributed by atoms with Crippen LogP contribution in [-0.4, -0.2) is 19.6 Å². The molecule has 23 heavy (non-hydrogen) atoms. The first-order chi connectivity index (χ1) is 10.8. The molecule has 7 heteroatoms. The lowest BCUT2D eigenvalue weighted by Crippen LogP contribution is -2.36. The number of halogens is 1. The summed E-state index contributed by atoms with van der Waals surface area (Å²) in [6, 6.07) is 5.70. The molecule has 0 saturated heterocycles. The first kappa shape index (κ1) is 16.1. The largest absolute Gasteiger partial charge is 0.345 e. The summed E-state index contributed by atoms with van der Waals surface area (Å²) < 4.78 is 38.6. The van der Waals surface area contributed by atoms with Crippen LogP contribution >= 0.6 is 11.3 Å². The van der Waals surface area contributed by atoms with E-state index < -0.39 is 26.8 Å². The Morgan fingerprint density at radius 1 is 1.35 bits per heavy atom. The number of sulfone groups is 1. The van der Waals surface area contributed by atoms with Crippen molar-refractivity contribution in [2.45, 2.75) is 35.8 Å². The maximum absolute atomic E-state index is 13.6. The SMILES string of the molecule is Cc1c(F)cccc1C(=O)N[C@H]1C[C@H](C)S(=O)(=O)c2sccc21. The zero-order valence-electron chi connectivity index (χ0n) is 12.7. The molecule has 1 N–H and O–H groups in total. The molecular formula is C16H16FNO3S2. The Hall–Kier alpha value is -1.73. The van der Waals surface area contributed by atoms with Gasteiger partial charge >= 0.3 is 0 Å². The minimum Gasteiger partial charge on any atom is -0.345 e. The summed E-state index contributed by atoms with van der Waals surface area (Å²) >= 11 is 1.17. The van der Waals surface area contributed by atoms with Crippen LogP contribution in [0.4, 0.5) is 4.39 Å². The first-order valence-electron chi connectivity index (χ1n) is 7.19. The van der Waals surface area contributed by atoms with Crippen LogP contribution in [0.1, 0.15) is 40.9 Å². The molecule has 2 aromatic rings. The average molecular weight is 353 g/mol. The minimum atomic E-state index is -3.32. The van der Waals surface area contributed by atoms with Crippen molar-refractivity contribution < 1.29 is 17.6 Å². The highest BCUT2D eigenvalue weighted by atomic mass is 32.2. The number of fused-ring (bicyclic) bond motifs is 1. The fourth-order valence-corrected chi connectivity index (χ4v) is 6.02. The molecule has 2 atom stereocenters. The third-order valence-corrected chi connectivity index (χ3v) is 7.92. The van der Waals surface area contributed by atoms with E-state index in [4.69, 9.17) is 0 Å². The summed E-state index contributed by atoms with van der Waals surface area (Å²) in [7, 11) is -3.32. The van der Waals surface area contributed by atoms with E-state index in [-0.39, 0.29) is 17.2 Å². The highest BCUT2D eigenvalue weighted by Gasteiger charge is 2.38. The molecule has 0 spiro atoms. The fraction of sp³-hybridized carbons (Fsp3) is 0.312. The van der Waals surface area contributed by atoms with Gasteiger partial charge in [-0.05, 0) is 49.4 Å². The van der Waals surface area contributed by atoms with Crippen LogP contribution in [0.2, 0.25) is 0 Å². The summed E-state index contributed by atoms with van der Waals surface area (Å²) in [5.41, 5.74) is 1.17. The average Bonchev–Trinajstić information content (AvgIpc) is 2.98. The van der Waals surface area contributed by atoms with Crippen molar-refractivity contribution in [2.75, 3.05) is 0 Å². The van der Waals surface area contributed by atoms with E-state index in [1.807, 2.05) is 0 Å². The normalized spacial score (nSPS) is 22.4. The van der Waals surface area contributed by atoms with E-state index in [0.29, 0.717) is 16.2 Å². The predicted octanol–water partition coefficient (Wildman–Crippen LogP) is 3.23. The van der Waals surface area contributed by atoms with Crippen molar-refractivity contribution in [2.24, 2.45) is 0 Å². The molecular weight excluding hydrogens is 337 g/mol. The fourth-order valence-electron chi connectivity index (χ4n) is 2.79. The first-order valence-corrected chi connectivity index (χ1v) is 9.62. The van der Waals surface area contributed by atoms with Crippen molar-refractivity contribution in [1.29, 1.82) is 0 Å². The summed E-state index contributed by atoms with van der Waals surface area (Å²) in [4.78, 5) is 12.5. The van der Waals surface area contributed by atoms with Crippen LogP contribution in [0.15, 0.2) is 33.9 Å². The molecule has 3 rings (SSSR count). The van der Waals surface area contributed by atoms with Crippen LogP contribution in [0.3, 0.4) is 0 Å². The smallest absolute Gasteiger partial charge is 0.252 e. The zero-order chi connectivity index (χ0) is 16.8. The lowest BCUT2D eigenvalue weighted by Gasteiger charge is -2.28. The maximum Gasteiger partial charge on any atom is 0.252 e. The van der Waals surface area contributed by atoms with E-state index in [1.165, 1.54) is 23.5 Å². The lowest BCUT2D eigenvalue weighted by atomic mass is 10.0. The van der Waals surface area contributed by atoms with Gasteiger partial charge in [0.25, 0.3) is 5.91 Å². The van der Waals surface area contributed by atoms with Crippen LogP contribution in [0.5, 0.6) is 0 Å². The van der Waals surface area contributed by atoms with Gasteiger partial charge in [0.05, 0.1) is 11.3 Å². The second kappa shape index (κ2) is 5.72. The topological polar surface area (TPSA) is 63.2 Å². The molecule has 2 heterocycles. The van der Waals surface area contributed by atoms with E-state index in [9.17, 15) is 17.6 Å². The second-order valence-corrected chi connectivity index (χ2v) is 9.17. The summed E-state index contributed by atoms with van der Waals surface area (Å²) in [6.07, 6.45) is 0.312. The van der Waals surface area contributed by atoms with Gasteiger partial charge in [-0.2, -0.15) is 0 Å². The molecule has 122 valence electrons. The van der Waals surface area contributed by atoms with Crippen LogP contribution in [-0.2, 0) is 9.84 Å². The summed E-state index contributed by atoms with van der Waals surface area (Å²) in [5, 5.41) is 4.00. The van der Waals surface area contributed by atoms with Gasteiger partial charge in [0, 0.05) is 11.1 Å². The molecule has 1 aromatic heterocycles. The van der Waals surface area contributed by atoms with Gasteiger partial charge < -0.3 is 5.32 Å². The summed E-state index contributed by atoms with van der Waals surface area (Å²) in [5.74, 6) is -0.830. The second-order valence-electron chi connectivity index (χ2n) is 5.69. The number of hydrogen-bond acceptors (Lipinski definition) is 4. The van der Waals surface area contributed by atoms with Crippen molar-refractivity contribution in [3.63, 3.8) is 0 Å². The Morgan fingerprint density at radius 3 is 2.83 bits per heavy atom. The van der Waals surface area contributed by atoms with Crippen molar-refractivity contribution >= 4 is 27.1 Å². The molecule has 1 aliphatic heterocycles. The number of nitrogens with one attached hydrogen (secondary N) is 1. The quantitative estimate of drug-likeness (QED) is 0.901. The molecule has 0 bridgehead atoms. The van der Waals surface area contributed by atoms with Crippen LogP contribution in [0, 0.1) is 12.7 Å². The molecule has 0 saturated carbocycles. The van der Waals surface area contributed by atoms with E-state index >= 15 is 0 Å². The van der Waals surface area contributed by atoms with Gasteiger partial charge in [-0.3, -0.25) is 4.79 Å². The summed E-state index contributed by atoms with van der Waals surface area (Å²) in [6.45, 7) is 3.19. The van der Waals surface area contributed by atoms with Gasteiger partial charge in [-0.1, -0.05) is 6.07 Å². The van der Waals surface area contributed by atoms with Crippen LogP contribution < -0.4 is 5.32 Å². The zero-order valence-corrected chi connectivity index (χ0v) is 14.3. The van der Waals surface area contributed by atoms with E-state index in [1.54, 1.807) is 31.4 Å². The maximum atomic E-state index is 13.6. The Labute approximate surface area is 138 Å². The monoisotopic (exact) mass is 353 g/mol. The number of benzene rings is 1. The minimum absolute atomic E-state index is 0.267. The van der Waals surface area contributed by atoms with E-state index in [2.05, 4.69) is 5.32 Å². The van der Waals surface area contributed by atoms with Gasteiger partial charge in [-0.15, -0.1) is 11.3 Å². The number of carbonyl (C=O) groups excluding carboxylic acids is 1.